The normalized spacial score (nSPS) is 10.6. The molecule has 0 spiro atoms. The Morgan fingerprint density at radius 2 is 1.79 bits per heavy atom. The molecule has 4 heteroatoms. The Morgan fingerprint density at radius 1 is 1.00 bits per heavy atom. The summed E-state index contributed by atoms with van der Waals surface area (Å²) < 4.78 is 0.984. The Bertz CT molecular complexity index is 781. The molecule has 0 bridgehead atoms. The molecule has 0 saturated heterocycles. The molecular weight excluding hydrogens is 304 g/mol. The molecule has 19 heavy (non-hydrogen) atoms. The number of rotatable bonds is 2. The van der Waals surface area contributed by atoms with Crippen LogP contribution in [0, 0.1) is 0 Å². The van der Waals surface area contributed by atoms with Gasteiger partial charge in [0, 0.05) is 21.1 Å². The minimum atomic E-state index is -0.126. The molecule has 3 aromatic rings. The first kappa shape index (κ1) is 12.0. The van der Waals surface area contributed by atoms with E-state index in [1.54, 1.807) is 0 Å². The second-order valence-electron chi connectivity index (χ2n) is 4.23. The SMILES string of the molecule is O=c1[nH]c2ccc(Br)cc2cc1Nc1ccccc1. The molecule has 0 fully saturated rings. The lowest BCUT2D eigenvalue weighted by Crippen LogP contribution is -2.11. The molecule has 3 rings (SSSR count). The summed E-state index contributed by atoms with van der Waals surface area (Å²) in [5, 5.41) is 4.10. The number of aromatic amines is 1. The number of para-hydroxylation sites is 1. The van der Waals surface area contributed by atoms with Crippen LogP contribution in [0.15, 0.2) is 63.9 Å². The van der Waals surface area contributed by atoms with Crippen molar-refractivity contribution in [2.24, 2.45) is 0 Å². The summed E-state index contributed by atoms with van der Waals surface area (Å²) in [6.07, 6.45) is 0. The van der Waals surface area contributed by atoms with Crippen molar-refractivity contribution in [3.8, 4) is 0 Å². The maximum atomic E-state index is 12.0. The summed E-state index contributed by atoms with van der Waals surface area (Å²) >= 11 is 3.43. The Labute approximate surface area is 118 Å². The fourth-order valence-corrected chi connectivity index (χ4v) is 2.33. The van der Waals surface area contributed by atoms with E-state index in [0.717, 1.165) is 21.1 Å². The Kier molecular flexibility index (Phi) is 3.09. The van der Waals surface area contributed by atoms with Gasteiger partial charge in [-0.15, -0.1) is 0 Å². The van der Waals surface area contributed by atoms with E-state index >= 15 is 0 Å². The number of pyridine rings is 1. The molecule has 0 radical (unpaired) electrons. The van der Waals surface area contributed by atoms with Crippen LogP contribution in [0.1, 0.15) is 0 Å². The van der Waals surface area contributed by atoms with Gasteiger partial charge in [-0.3, -0.25) is 4.79 Å². The van der Waals surface area contributed by atoms with Crippen molar-refractivity contribution in [3.05, 3.63) is 69.4 Å². The van der Waals surface area contributed by atoms with Crippen molar-refractivity contribution in [2.45, 2.75) is 0 Å². The van der Waals surface area contributed by atoms with Gasteiger partial charge in [0.15, 0.2) is 0 Å². The van der Waals surface area contributed by atoms with Crippen LogP contribution in [0.5, 0.6) is 0 Å². The van der Waals surface area contributed by atoms with Gasteiger partial charge in [0.1, 0.15) is 5.69 Å². The summed E-state index contributed by atoms with van der Waals surface area (Å²) in [5.41, 5.74) is 2.13. The van der Waals surface area contributed by atoms with Gasteiger partial charge in [-0.1, -0.05) is 34.1 Å². The molecule has 2 aromatic carbocycles. The third-order valence-electron chi connectivity index (χ3n) is 2.86. The van der Waals surface area contributed by atoms with Crippen molar-refractivity contribution in [1.82, 2.24) is 4.98 Å². The number of nitrogens with one attached hydrogen (secondary N) is 2. The third kappa shape index (κ3) is 2.53. The van der Waals surface area contributed by atoms with Crippen LogP contribution >= 0.6 is 15.9 Å². The van der Waals surface area contributed by atoms with E-state index < -0.39 is 0 Å². The predicted octanol–water partition coefficient (Wildman–Crippen LogP) is 4.03. The molecule has 0 aliphatic heterocycles. The van der Waals surface area contributed by atoms with Crippen LogP contribution in [-0.2, 0) is 0 Å². The number of benzene rings is 2. The van der Waals surface area contributed by atoms with Gasteiger partial charge in [-0.2, -0.15) is 0 Å². The molecule has 0 aliphatic carbocycles. The molecular formula is C15H11BrN2O. The van der Waals surface area contributed by atoms with Gasteiger partial charge in [0.2, 0.25) is 0 Å². The van der Waals surface area contributed by atoms with Gasteiger partial charge in [-0.05, 0) is 36.4 Å². The summed E-state index contributed by atoms with van der Waals surface area (Å²) in [6, 6.07) is 17.2. The molecule has 1 aromatic heterocycles. The Hall–Kier alpha value is -2.07. The van der Waals surface area contributed by atoms with Crippen LogP contribution in [-0.4, -0.2) is 4.98 Å². The average molecular weight is 315 g/mol. The number of aromatic nitrogens is 1. The molecule has 0 amide bonds. The number of halogens is 1. The van der Waals surface area contributed by atoms with Crippen molar-refractivity contribution in [2.75, 3.05) is 5.32 Å². The van der Waals surface area contributed by atoms with Gasteiger partial charge in [-0.25, -0.2) is 0 Å². The highest BCUT2D eigenvalue weighted by Crippen LogP contribution is 2.20. The zero-order chi connectivity index (χ0) is 13.2. The maximum absolute atomic E-state index is 12.0. The zero-order valence-corrected chi connectivity index (χ0v) is 11.6. The lowest BCUT2D eigenvalue weighted by atomic mass is 10.2. The maximum Gasteiger partial charge on any atom is 0.272 e. The fourth-order valence-electron chi connectivity index (χ4n) is 1.95. The van der Waals surface area contributed by atoms with E-state index in [4.69, 9.17) is 0 Å². The van der Waals surface area contributed by atoms with E-state index in [2.05, 4.69) is 26.2 Å². The molecule has 1 heterocycles. The first-order valence-electron chi connectivity index (χ1n) is 5.87. The summed E-state index contributed by atoms with van der Waals surface area (Å²) in [6.45, 7) is 0. The van der Waals surface area contributed by atoms with E-state index in [1.165, 1.54) is 0 Å². The molecule has 2 N–H and O–H groups in total. The number of anilines is 2. The van der Waals surface area contributed by atoms with Crippen LogP contribution in [0.3, 0.4) is 0 Å². The van der Waals surface area contributed by atoms with E-state index in [0.29, 0.717) is 5.69 Å². The number of H-pyrrole nitrogens is 1. The van der Waals surface area contributed by atoms with Crippen molar-refractivity contribution < 1.29 is 0 Å². The van der Waals surface area contributed by atoms with Crippen molar-refractivity contribution in [3.63, 3.8) is 0 Å². The highest BCUT2D eigenvalue weighted by molar-refractivity contribution is 9.10. The predicted molar refractivity (Wildman–Crippen MR) is 82.0 cm³/mol. The first-order chi connectivity index (χ1) is 9.22. The number of fused-ring (bicyclic) bond motifs is 1. The zero-order valence-electron chi connectivity index (χ0n) is 9.98. The highest BCUT2D eigenvalue weighted by Gasteiger charge is 2.03. The smallest absolute Gasteiger partial charge is 0.272 e. The van der Waals surface area contributed by atoms with Crippen LogP contribution in [0.2, 0.25) is 0 Å². The first-order valence-corrected chi connectivity index (χ1v) is 6.66. The van der Waals surface area contributed by atoms with Crippen LogP contribution < -0.4 is 10.9 Å². The number of hydrogen-bond acceptors (Lipinski definition) is 2. The van der Waals surface area contributed by atoms with E-state index in [1.807, 2.05) is 54.6 Å². The van der Waals surface area contributed by atoms with Crippen LogP contribution in [0.4, 0.5) is 11.4 Å². The molecule has 3 nitrogen and oxygen atoms in total. The molecule has 0 saturated carbocycles. The minimum Gasteiger partial charge on any atom is -0.351 e. The molecule has 0 atom stereocenters. The third-order valence-corrected chi connectivity index (χ3v) is 3.35. The second kappa shape index (κ2) is 4.90. The van der Waals surface area contributed by atoms with Crippen LogP contribution in [0.25, 0.3) is 10.9 Å². The summed E-state index contributed by atoms with van der Waals surface area (Å²) in [7, 11) is 0. The average Bonchev–Trinajstić information content (AvgIpc) is 2.41. The minimum absolute atomic E-state index is 0.126. The lowest BCUT2D eigenvalue weighted by Gasteiger charge is -2.07. The molecule has 0 unspecified atom stereocenters. The van der Waals surface area contributed by atoms with E-state index in [-0.39, 0.29) is 5.56 Å². The Morgan fingerprint density at radius 3 is 2.58 bits per heavy atom. The largest absolute Gasteiger partial charge is 0.351 e. The molecule has 0 aliphatic rings. The van der Waals surface area contributed by atoms with Gasteiger partial charge >= 0.3 is 0 Å². The second-order valence-corrected chi connectivity index (χ2v) is 5.15. The van der Waals surface area contributed by atoms with Crippen molar-refractivity contribution >= 4 is 38.2 Å². The number of hydrogen-bond donors (Lipinski definition) is 2. The van der Waals surface area contributed by atoms with Gasteiger partial charge < -0.3 is 10.3 Å². The lowest BCUT2D eigenvalue weighted by molar-refractivity contribution is 1.30. The quantitative estimate of drug-likeness (QED) is 0.750. The monoisotopic (exact) mass is 314 g/mol. The van der Waals surface area contributed by atoms with Gasteiger partial charge in [0.05, 0.1) is 0 Å². The molecule has 94 valence electrons. The van der Waals surface area contributed by atoms with Crippen molar-refractivity contribution in [1.29, 1.82) is 0 Å². The summed E-state index contributed by atoms with van der Waals surface area (Å²) in [4.78, 5) is 14.9. The standard InChI is InChI=1S/C15H11BrN2O/c16-11-6-7-13-10(8-11)9-14(15(19)18-13)17-12-4-2-1-3-5-12/h1-9,17H,(H,18,19). The highest BCUT2D eigenvalue weighted by atomic mass is 79.9. The van der Waals surface area contributed by atoms with E-state index in [9.17, 15) is 4.79 Å². The van der Waals surface area contributed by atoms with Gasteiger partial charge in [0.25, 0.3) is 5.56 Å². The fraction of sp³-hybridized carbons (Fsp3) is 0. The topological polar surface area (TPSA) is 44.9 Å². The summed E-state index contributed by atoms with van der Waals surface area (Å²) in [5.74, 6) is 0. The Balaban J connectivity index is 2.08.